The van der Waals surface area contributed by atoms with E-state index < -0.39 is 0 Å². The molecular formula is C11H16ClN3OS. The molecule has 1 amide bonds. The number of hydrogen-bond donors (Lipinski definition) is 3. The smallest absolute Gasteiger partial charge is 0.247 e. The second-order valence-electron chi connectivity index (χ2n) is 3.97. The molecule has 0 aromatic heterocycles. The molecule has 0 heterocycles. The van der Waals surface area contributed by atoms with Crippen LogP contribution >= 0.6 is 23.4 Å². The van der Waals surface area contributed by atoms with Crippen LogP contribution in [0.4, 0.5) is 5.69 Å². The van der Waals surface area contributed by atoms with Gasteiger partial charge in [0.2, 0.25) is 5.91 Å². The molecule has 94 valence electrons. The summed E-state index contributed by atoms with van der Waals surface area (Å²) in [5, 5.41) is 0.304. The number of carbonyl (C=O) groups is 1. The third kappa shape index (κ3) is 3.80. The van der Waals surface area contributed by atoms with E-state index in [0.717, 1.165) is 4.90 Å². The lowest BCUT2D eigenvalue weighted by Crippen LogP contribution is -2.39. The van der Waals surface area contributed by atoms with Crippen molar-refractivity contribution in [2.45, 2.75) is 24.0 Å². The molecule has 0 radical (unpaired) electrons. The Morgan fingerprint density at radius 3 is 2.65 bits per heavy atom. The Hall–Kier alpha value is -0.910. The fraction of sp³-hybridized carbons (Fsp3) is 0.364. The number of halogens is 1. The maximum Gasteiger partial charge on any atom is 0.247 e. The highest BCUT2D eigenvalue weighted by Gasteiger charge is 2.23. The maximum absolute atomic E-state index is 11.6. The first-order valence-electron chi connectivity index (χ1n) is 5.18. The third-order valence-corrected chi connectivity index (χ3v) is 4.09. The highest BCUT2D eigenvalue weighted by atomic mass is 35.5. The highest BCUT2D eigenvalue weighted by molar-refractivity contribution is 8.00. The molecule has 1 unspecified atom stereocenters. The summed E-state index contributed by atoms with van der Waals surface area (Å²) in [5.74, 6) is 5.08. The monoisotopic (exact) mass is 273 g/mol. The van der Waals surface area contributed by atoms with E-state index in [2.05, 4.69) is 5.43 Å². The molecule has 0 aliphatic rings. The van der Waals surface area contributed by atoms with Crippen LogP contribution in [-0.2, 0) is 4.79 Å². The molecule has 0 aliphatic heterocycles. The van der Waals surface area contributed by atoms with Crippen molar-refractivity contribution in [3.8, 4) is 0 Å². The SMILES string of the molecule is CC(C)C(Sc1cc(Cl)ccc1N)C(=O)NN. The second-order valence-corrected chi connectivity index (χ2v) is 5.59. The van der Waals surface area contributed by atoms with Crippen molar-refractivity contribution in [2.75, 3.05) is 5.73 Å². The molecule has 6 heteroatoms. The van der Waals surface area contributed by atoms with E-state index in [1.807, 2.05) is 13.8 Å². The number of amides is 1. The normalized spacial score (nSPS) is 12.5. The summed E-state index contributed by atoms with van der Waals surface area (Å²) in [7, 11) is 0. The largest absolute Gasteiger partial charge is 0.398 e. The van der Waals surface area contributed by atoms with Crippen LogP contribution in [0.2, 0.25) is 5.02 Å². The Labute approximate surface area is 110 Å². The molecule has 17 heavy (non-hydrogen) atoms. The Kier molecular flexibility index (Phi) is 5.11. The van der Waals surface area contributed by atoms with E-state index >= 15 is 0 Å². The van der Waals surface area contributed by atoms with Crippen LogP contribution in [0.3, 0.4) is 0 Å². The van der Waals surface area contributed by atoms with Crippen molar-refractivity contribution in [1.29, 1.82) is 0 Å². The average molecular weight is 274 g/mol. The fourth-order valence-corrected chi connectivity index (χ4v) is 2.68. The number of carbonyl (C=O) groups excluding carboxylic acids is 1. The summed E-state index contributed by atoms with van der Waals surface area (Å²) < 4.78 is 0. The zero-order chi connectivity index (χ0) is 13.0. The lowest BCUT2D eigenvalue weighted by Gasteiger charge is -2.19. The first kappa shape index (κ1) is 14.2. The van der Waals surface area contributed by atoms with Gasteiger partial charge in [-0.1, -0.05) is 25.4 Å². The van der Waals surface area contributed by atoms with Gasteiger partial charge in [0.05, 0.1) is 5.25 Å². The number of benzene rings is 1. The molecule has 4 nitrogen and oxygen atoms in total. The number of rotatable bonds is 4. The van der Waals surface area contributed by atoms with Gasteiger partial charge in [0.25, 0.3) is 0 Å². The van der Waals surface area contributed by atoms with Gasteiger partial charge >= 0.3 is 0 Å². The van der Waals surface area contributed by atoms with Crippen LogP contribution in [-0.4, -0.2) is 11.2 Å². The third-order valence-electron chi connectivity index (χ3n) is 2.24. The van der Waals surface area contributed by atoms with Crippen LogP contribution in [0.25, 0.3) is 0 Å². The van der Waals surface area contributed by atoms with Crippen molar-refractivity contribution >= 4 is 35.0 Å². The fourth-order valence-electron chi connectivity index (χ4n) is 1.32. The lowest BCUT2D eigenvalue weighted by molar-refractivity contribution is -0.121. The summed E-state index contributed by atoms with van der Waals surface area (Å²) in [4.78, 5) is 12.4. The van der Waals surface area contributed by atoms with Crippen molar-refractivity contribution < 1.29 is 4.79 Å². The minimum absolute atomic E-state index is 0.141. The molecule has 0 bridgehead atoms. The minimum atomic E-state index is -0.291. The molecule has 0 saturated carbocycles. The summed E-state index contributed by atoms with van der Waals surface area (Å²) in [6.45, 7) is 3.90. The second kappa shape index (κ2) is 6.14. The Balaban J connectivity index is 2.93. The number of anilines is 1. The average Bonchev–Trinajstić information content (AvgIpc) is 2.28. The van der Waals surface area contributed by atoms with Crippen molar-refractivity contribution in [3.63, 3.8) is 0 Å². The molecule has 0 aliphatic carbocycles. The van der Waals surface area contributed by atoms with E-state index in [-0.39, 0.29) is 17.1 Å². The lowest BCUT2D eigenvalue weighted by atomic mass is 10.1. The molecule has 0 fully saturated rings. The maximum atomic E-state index is 11.6. The number of nitrogens with one attached hydrogen (secondary N) is 1. The first-order chi connectivity index (χ1) is 7.95. The Morgan fingerprint density at radius 2 is 2.12 bits per heavy atom. The molecule has 5 N–H and O–H groups in total. The van der Waals surface area contributed by atoms with Crippen LogP contribution in [0.1, 0.15) is 13.8 Å². The van der Waals surface area contributed by atoms with Gasteiger partial charge in [-0.3, -0.25) is 10.2 Å². The first-order valence-corrected chi connectivity index (χ1v) is 6.43. The quantitative estimate of drug-likeness (QED) is 0.258. The molecular weight excluding hydrogens is 258 g/mol. The van der Waals surface area contributed by atoms with Crippen LogP contribution in [0, 0.1) is 5.92 Å². The topological polar surface area (TPSA) is 81.1 Å². The predicted molar refractivity (Wildman–Crippen MR) is 72.7 cm³/mol. The molecule has 1 rings (SSSR count). The van der Waals surface area contributed by atoms with E-state index in [4.69, 9.17) is 23.2 Å². The van der Waals surface area contributed by atoms with Crippen LogP contribution < -0.4 is 17.0 Å². The number of hydrogen-bond acceptors (Lipinski definition) is 4. The van der Waals surface area contributed by atoms with Crippen molar-refractivity contribution in [1.82, 2.24) is 5.43 Å². The summed E-state index contributed by atoms with van der Waals surface area (Å²) >= 11 is 7.27. The van der Waals surface area contributed by atoms with Gasteiger partial charge in [-0.2, -0.15) is 0 Å². The number of nitrogens with two attached hydrogens (primary N) is 2. The summed E-state index contributed by atoms with van der Waals surface area (Å²) in [5.41, 5.74) is 8.61. The summed E-state index contributed by atoms with van der Waals surface area (Å²) in [6.07, 6.45) is 0. The van der Waals surface area contributed by atoms with Crippen LogP contribution in [0.15, 0.2) is 23.1 Å². The number of thioether (sulfide) groups is 1. The van der Waals surface area contributed by atoms with Gasteiger partial charge in [-0.15, -0.1) is 11.8 Å². The standard InChI is InChI=1S/C11H16ClN3OS/c1-6(2)10(11(16)15-14)17-9-5-7(12)3-4-8(9)13/h3-6,10H,13-14H2,1-2H3,(H,15,16). The van der Waals surface area contributed by atoms with Gasteiger partial charge < -0.3 is 5.73 Å². The van der Waals surface area contributed by atoms with Crippen LogP contribution in [0.5, 0.6) is 0 Å². The van der Waals surface area contributed by atoms with E-state index in [9.17, 15) is 4.79 Å². The number of hydrazine groups is 1. The molecule has 0 saturated heterocycles. The summed E-state index contributed by atoms with van der Waals surface area (Å²) in [6, 6.07) is 5.19. The van der Waals surface area contributed by atoms with Gasteiger partial charge in [0.15, 0.2) is 0 Å². The van der Waals surface area contributed by atoms with Gasteiger partial charge in [-0.05, 0) is 24.1 Å². The molecule has 0 spiro atoms. The zero-order valence-electron chi connectivity index (χ0n) is 9.74. The molecule has 1 aromatic carbocycles. The number of nitrogen functional groups attached to an aromatic ring is 1. The van der Waals surface area contributed by atoms with Crippen molar-refractivity contribution in [3.05, 3.63) is 23.2 Å². The van der Waals surface area contributed by atoms with Gasteiger partial charge in [0, 0.05) is 15.6 Å². The predicted octanol–water partition coefficient (Wildman–Crippen LogP) is 2.03. The highest BCUT2D eigenvalue weighted by Crippen LogP contribution is 2.34. The van der Waals surface area contributed by atoms with E-state index in [1.54, 1.807) is 18.2 Å². The van der Waals surface area contributed by atoms with Crippen molar-refractivity contribution in [2.24, 2.45) is 11.8 Å². The molecule has 1 atom stereocenters. The Bertz CT molecular complexity index is 412. The minimum Gasteiger partial charge on any atom is -0.398 e. The van der Waals surface area contributed by atoms with E-state index in [1.165, 1.54) is 11.8 Å². The van der Waals surface area contributed by atoms with E-state index in [0.29, 0.717) is 10.7 Å². The van der Waals surface area contributed by atoms with Gasteiger partial charge in [-0.25, -0.2) is 5.84 Å². The zero-order valence-corrected chi connectivity index (χ0v) is 11.3. The van der Waals surface area contributed by atoms with Gasteiger partial charge in [0.1, 0.15) is 0 Å². The molecule has 1 aromatic rings. The Morgan fingerprint density at radius 1 is 1.47 bits per heavy atom.